The van der Waals surface area contributed by atoms with Crippen LogP contribution in [0.3, 0.4) is 0 Å². The van der Waals surface area contributed by atoms with Crippen molar-refractivity contribution in [3.63, 3.8) is 0 Å². The molecule has 0 N–H and O–H groups in total. The predicted octanol–water partition coefficient (Wildman–Crippen LogP) is 4.55. The Morgan fingerprint density at radius 1 is 0.967 bits per heavy atom. The lowest BCUT2D eigenvalue weighted by atomic mass is 9.99. The van der Waals surface area contributed by atoms with Crippen LogP contribution in [0.4, 0.5) is 0 Å². The molecular weight excluding hydrogens is 380 g/mol. The predicted molar refractivity (Wildman–Crippen MR) is 117 cm³/mol. The van der Waals surface area contributed by atoms with Gasteiger partial charge < -0.3 is 14.2 Å². The maximum absolute atomic E-state index is 12.5. The quantitative estimate of drug-likeness (QED) is 0.574. The zero-order valence-corrected chi connectivity index (χ0v) is 18.1. The monoisotopic (exact) mass is 408 g/mol. The van der Waals surface area contributed by atoms with Crippen LogP contribution in [0, 0.1) is 12.3 Å². The highest BCUT2D eigenvalue weighted by Crippen LogP contribution is 2.30. The van der Waals surface area contributed by atoms with Crippen LogP contribution in [0.1, 0.15) is 31.9 Å². The number of nitrogens with zero attached hydrogens (tertiary/aromatic N) is 2. The summed E-state index contributed by atoms with van der Waals surface area (Å²) in [5, 5.41) is 0. The number of benzene rings is 2. The molecule has 0 bridgehead atoms. The molecule has 30 heavy (non-hydrogen) atoms. The van der Waals surface area contributed by atoms with Gasteiger partial charge in [0.25, 0.3) is 0 Å². The molecule has 0 saturated carbocycles. The van der Waals surface area contributed by atoms with E-state index in [-0.39, 0.29) is 11.3 Å². The van der Waals surface area contributed by atoms with Crippen molar-refractivity contribution in [1.29, 1.82) is 0 Å². The first kappa shape index (κ1) is 21.4. The average molecular weight is 408 g/mol. The Bertz CT molecular complexity index is 1050. The van der Waals surface area contributed by atoms with Gasteiger partial charge in [-0.3, -0.25) is 4.57 Å². The lowest BCUT2D eigenvalue weighted by Gasteiger charge is -2.20. The van der Waals surface area contributed by atoms with Crippen molar-refractivity contribution in [3.05, 3.63) is 76.3 Å². The summed E-state index contributed by atoms with van der Waals surface area (Å²) in [6.45, 7) is 9.23. The number of rotatable bonds is 7. The van der Waals surface area contributed by atoms with E-state index in [0.29, 0.717) is 30.4 Å². The summed E-state index contributed by atoms with van der Waals surface area (Å²) < 4.78 is 18.4. The third kappa shape index (κ3) is 5.63. The largest absolute Gasteiger partial charge is 0.493 e. The molecule has 1 heterocycles. The Kier molecular flexibility index (Phi) is 6.45. The first-order valence-electron chi connectivity index (χ1n) is 9.84. The molecule has 0 amide bonds. The Morgan fingerprint density at radius 2 is 1.70 bits per heavy atom. The Labute approximate surface area is 177 Å². The molecule has 0 aliphatic carbocycles. The SMILES string of the molecule is COc1cc(-n2ccc(OCc3ccc(C)cc3)nc2=O)ccc1OCC(C)(C)C. The summed E-state index contributed by atoms with van der Waals surface area (Å²) in [6, 6.07) is 15.1. The van der Waals surface area contributed by atoms with Gasteiger partial charge in [-0.1, -0.05) is 50.6 Å². The van der Waals surface area contributed by atoms with Crippen molar-refractivity contribution >= 4 is 0 Å². The van der Waals surface area contributed by atoms with Gasteiger partial charge in [0.05, 0.1) is 19.4 Å². The van der Waals surface area contributed by atoms with Crippen LogP contribution < -0.4 is 19.9 Å². The van der Waals surface area contributed by atoms with Crippen LogP contribution in [-0.2, 0) is 6.61 Å². The molecule has 6 nitrogen and oxygen atoms in total. The third-order valence-corrected chi connectivity index (χ3v) is 4.37. The van der Waals surface area contributed by atoms with Gasteiger partial charge in [-0.15, -0.1) is 0 Å². The normalized spacial score (nSPS) is 11.2. The molecule has 158 valence electrons. The highest BCUT2D eigenvalue weighted by molar-refractivity contribution is 5.49. The average Bonchev–Trinajstić information content (AvgIpc) is 2.71. The van der Waals surface area contributed by atoms with Gasteiger partial charge in [0.2, 0.25) is 5.88 Å². The van der Waals surface area contributed by atoms with Gasteiger partial charge in [-0.25, -0.2) is 4.79 Å². The number of aromatic nitrogens is 2. The second kappa shape index (κ2) is 9.03. The van der Waals surface area contributed by atoms with Gasteiger partial charge in [-0.05, 0) is 30.0 Å². The summed E-state index contributed by atoms with van der Waals surface area (Å²) in [5.41, 5.74) is 2.44. The molecule has 1 aromatic heterocycles. The minimum absolute atomic E-state index is 0.0267. The topological polar surface area (TPSA) is 62.6 Å². The van der Waals surface area contributed by atoms with Crippen LogP contribution in [-0.4, -0.2) is 23.3 Å². The summed E-state index contributed by atoms with van der Waals surface area (Å²) in [6.07, 6.45) is 1.64. The lowest BCUT2D eigenvalue weighted by Crippen LogP contribution is -2.21. The summed E-state index contributed by atoms with van der Waals surface area (Å²) in [5.74, 6) is 1.48. The minimum atomic E-state index is -0.429. The minimum Gasteiger partial charge on any atom is -0.493 e. The van der Waals surface area contributed by atoms with Gasteiger partial charge in [0.15, 0.2) is 11.5 Å². The molecule has 0 radical (unpaired) electrons. The third-order valence-electron chi connectivity index (χ3n) is 4.37. The maximum atomic E-state index is 12.5. The molecule has 0 aliphatic rings. The van der Waals surface area contributed by atoms with Crippen LogP contribution in [0.15, 0.2) is 59.5 Å². The second-order valence-corrected chi connectivity index (χ2v) is 8.38. The fourth-order valence-corrected chi connectivity index (χ4v) is 2.73. The fourth-order valence-electron chi connectivity index (χ4n) is 2.73. The summed E-state index contributed by atoms with van der Waals surface area (Å²) in [7, 11) is 1.58. The van der Waals surface area contributed by atoms with Crippen LogP contribution >= 0.6 is 0 Å². The van der Waals surface area contributed by atoms with E-state index in [2.05, 4.69) is 25.8 Å². The summed E-state index contributed by atoms with van der Waals surface area (Å²) >= 11 is 0. The molecule has 0 saturated heterocycles. The van der Waals surface area contributed by atoms with Crippen molar-refractivity contribution in [1.82, 2.24) is 9.55 Å². The van der Waals surface area contributed by atoms with Gasteiger partial charge in [0.1, 0.15) is 6.61 Å². The Hall–Kier alpha value is -3.28. The van der Waals surface area contributed by atoms with E-state index in [1.165, 1.54) is 10.1 Å². The zero-order chi connectivity index (χ0) is 21.7. The molecule has 0 unspecified atom stereocenters. The second-order valence-electron chi connectivity index (χ2n) is 8.38. The molecule has 0 atom stereocenters. The first-order valence-corrected chi connectivity index (χ1v) is 9.84. The highest BCUT2D eigenvalue weighted by atomic mass is 16.5. The van der Waals surface area contributed by atoms with E-state index < -0.39 is 5.69 Å². The maximum Gasteiger partial charge on any atom is 0.355 e. The molecule has 3 rings (SSSR count). The molecule has 3 aromatic rings. The van der Waals surface area contributed by atoms with Crippen molar-refractivity contribution in [2.75, 3.05) is 13.7 Å². The number of hydrogen-bond donors (Lipinski definition) is 0. The Morgan fingerprint density at radius 3 is 2.33 bits per heavy atom. The number of ether oxygens (including phenoxy) is 3. The number of aryl methyl sites for hydroxylation is 1. The van der Waals surface area contributed by atoms with Crippen molar-refractivity contribution in [3.8, 4) is 23.1 Å². The number of hydrogen-bond acceptors (Lipinski definition) is 5. The fraction of sp³-hybridized carbons (Fsp3) is 0.333. The van der Waals surface area contributed by atoms with Crippen molar-refractivity contribution in [2.45, 2.75) is 34.3 Å². The van der Waals surface area contributed by atoms with Crippen LogP contribution in [0.2, 0.25) is 0 Å². The molecule has 0 spiro atoms. The standard InChI is InChI=1S/C24H28N2O4/c1-17-6-8-18(9-7-17)15-29-22-12-13-26(23(27)25-22)19-10-11-20(21(14-19)28-5)30-16-24(2,3)4/h6-14H,15-16H2,1-5H3. The first-order chi connectivity index (χ1) is 14.2. The molecule has 0 fully saturated rings. The number of methoxy groups -OCH3 is 1. The van der Waals surface area contributed by atoms with Crippen molar-refractivity contribution in [2.24, 2.45) is 5.41 Å². The van der Waals surface area contributed by atoms with E-state index in [0.717, 1.165) is 5.56 Å². The lowest BCUT2D eigenvalue weighted by molar-refractivity contribution is 0.191. The molecule has 2 aromatic carbocycles. The van der Waals surface area contributed by atoms with Crippen LogP contribution in [0.5, 0.6) is 17.4 Å². The summed E-state index contributed by atoms with van der Waals surface area (Å²) in [4.78, 5) is 16.6. The van der Waals surface area contributed by atoms with Crippen molar-refractivity contribution < 1.29 is 14.2 Å². The molecular formula is C24H28N2O4. The van der Waals surface area contributed by atoms with Gasteiger partial charge >= 0.3 is 5.69 Å². The van der Waals surface area contributed by atoms with E-state index in [1.807, 2.05) is 31.2 Å². The molecule has 6 heteroatoms. The van der Waals surface area contributed by atoms with E-state index in [9.17, 15) is 4.79 Å². The smallest absolute Gasteiger partial charge is 0.355 e. The van der Waals surface area contributed by atoms with E-state index in [4.69, 9.17) is 14.2 Å². The van der Waals surface area contributed by atoms with Gasteiger partial charge in [0, 0.05) is 18.3 Å². The highest BCUT2D eigenvalue weighted by Gasteiger charge is 2.14. The zero-order valence-electron chi connectivity index (χ0n) is 18.1. The Balaban J connectivity index is 1.75. The van der Waals surface area contributed by atoms with Crippen LogP contribution in [0.25, 0.3) is 5.69 Å². The van der Waals surface area contributed by atoms with E-state index in [1.54, 1.807) is 37.6 Å². The van der Waals surface area contributed by atoms with E-state index >= 15 is 0 Å². The van der Waals surface area contributed by atoms with Gasteiger partial charge in [-0.2, -0.15) is 4.98 Å². The molecule has 0 aliphatic heterocycles.